The van der Waals surface area contributed by atoms with E-state index in [0.29, 0.717) is 5.69 Å². The molecule has 2 amide bonds. The van der Waals surface area contributed by atoms with Crippen LogP contribution in [0.2, 0.25) is 0 Å². The number of nitrogens with one attached hydrogen (secondary N) is 2. The molecule has 1 unspecified atom stereocenters. The van der Waals surface area contributed by atoms with Crippen molar-refractivity contribution in [3.8, 4) is 0 Å². The van der Waals surface area contributed by atoms with Gasteiger partial charge < -0.3 is 15.4 Å². The highest BCUT2D eigenvalue weighted by Gasteiger charge is 2.22. The van der Waals surface area contributed by atoms with Crippen molar-refractivity contribution in [2.24, 2.45) is 5.18 Å². The summed E-state index contributed by atoms with van der Waals surface area (Å²) in [5.74, 6) is -0.555. The molecule has 0 aliphatic carbocycles. The second-order valence-corrected chi connectivity index (χ2v) is 5.66. The van der Waals surface area contributed by atoms with E-state index in [1.807, 2.05) is 0 Å². The minimum Gasteiger partial charge on any atom is -0.467 e. The van der Waals surface area contributed by atoms with Gasteiger partial charge in [0.25, 0.3) is 0 Å². The lowest BCUT2D eigenvalue weighted by Gasteiger charge is -2.16. The van der Waals surface area contributed by atoms with E-state index in [-0.39, 0.29) is 17.4 Å². The monoisotopic (exact) mass is 339 g/mol. The van der Waals surface area contributed by atoms with Gasteiger partial charge in [0.15, 0.2) is 5.12 Å². The third-order valence-corrected chi connectivity index (χ3v) is 3.61. The summed E-state index contributed by atoms with van der Waals surface area (Å²) >= 11 is 0.917. The first kappa shape index (κ1) is 18.6. The molecule has 1 aromatic carbocycles. The minimum atomic E-state index is -0.938. The van der Waals surface area contributed by atoms with Crippen molar-refractivity contribution in [3.05, 3.63) is 34.7 Å². The Bertz CT molecular complexity index is 576. The maximum absolute atomic E-state index is 11.9. The highest BCUT2D eigenvalue weighted by molar-refractivity contribution is 8.13. The van der Waals surface area contributed by atoms with Crippen LogP contribution in [0.15, 0.2) is 29.4 Å². The quantitative estimate of drug-likeness (QED) is 0.579. The van der Waals surface area contributed by atoms with Crippen LogP contribution in [0.1, 0.15) is 12.5 Å². The number of carbonyl (C=O) groups is 3. The summed E-state index contributed by atoms with van der Waals surface area (Å²) in [4.78, 5) is 44.6. The van der Waals surface area contributed by atoms with Crippen molar-refractivity contribution < 1.29 is 19.1 Å². The molecular formula is C14H17N3O5S. The number of nitrogens with zero attached hydrogens (tertiary/aromatic N) is 1. The van der Waals surface area contributed by atoms with Crippen molar-refractivity contribution in [3.63, 3.8) is 0 Å². The smallest absolute Gasteiger partial charge is 0.329 e. The fraction of sp³-hybridized carbons (Fsp3) is 0.357. The van der Waals surface area contributed by atoms with E-state index in [9.17, 15) is 19.3 Å². The maximum atomic E-state index is 11.9. The second kappa shape index (κ2) is 9.57. The van der Waals surface area contributed by atoms with Crippen LogP contribution in [0, 0.1) is 4.91 Å². The molecule has 2 N–H and O–H groups in total. The van der Waals surface area contributed by atoms with Crippen LogP contribution in [0.25, 0.3) is 0 Å². The predicted octanol–water partition coefficient (Wildman–Crippen LogP) is 1.90. The number of rotatable bonds is 7. The molecule has 0 aliphatic rings. The zero-order valence-corrected chi connectivity index (χ0v) is 13.5. The first-order valence-electron chi connectivity index (χ1n) is 6.63. The molecule has 0 spiro atoms. The third-order valence-electron chi connectivity index (χ3n) is 2.70. The van der Waals surface area contributed by atoms with Gasteiger partial charge in [-0.2, -0.15) is 4.91 Å². The number of anilines is 1. The van der Waals surface area contributed by atoms with Crippen molar-refractivity contribution >= 4 is 34.6 Å². The molecule has 0 saturated heterocycles. The van der Waals surface area contributed by atoms with Crippen LogP contribution in [0.3, 0.4) is 0 Å². The van der Waals surface area contributed by atoms with E-state index in [1.54, 1.807) is 24.3 Å². The van der Waals surface area contributed by atoms with E-state index in [0.717, 1.165) is 17.3 Å². The van der Waals surface area contributed by atoms with Gasteiger partial charge in [0.2, 0.25) is 0 Å². The van der Waals surface area contributed by atoms with Gasteiger partial charge >= 0.3 is 12.0 Å². The van der Waals surface area contributed by atoms with Gasteiger partial charge in [-0.3, -0.25) is 4.79 Å². The van der Waals surface area contributed by atoms with Crippen molar-refractivity contribution in [1.29, 1.82) is 0 Å². The van der Waals surface area contributed by atoms with E-state index >= 15 is 0 Å². The lowest BCUT2D eigenvalue weighted by molar-refractivity contribution is -0.142. The number of hydrogen-bond donors (Lipinski definition) is 2. The molecule has 0 aliphatic heterocycles. The number of nitroso groups, excluding NO2 is 1. The van der Waals surface area contributed by atoms with Gasteiger partial charge in [0.05, 0.1) is 7.11 Å². The Morgan fingerprint density at radius 2 is 1.91 bits per heavy atom. The summed E-state index contributed by atoms with van der Waals surface area (Å²) in [5, 5.41) is 7.59. The minimum absolute atomic E-state index is 0.0547. The topological polar surface area (TPSA) is 114 Å². The van der Waals surface area contributed by atoms with Gasteiger partial charge in [-0.05, 0) is 17.7 Å². The third kappa shape index (κ3) is 6.92. The summed E-state index contributed by atoms with van der Waals surface area (Å²) in [5.41, 5.74) is 1.20. The number of ether oxygens (including phenoxy) is 1. The zero-order valence-electron chi connectivity index (χ0n) is 12.7. The molecule has 8 nitrogen and oxygen atoms in total. The Hall–Kier alpha value is -2.42. The average molecular weight is 339 g/mol. The molecule has 0 aromatic heterocycles. The SMILES string of the molecule is COC(=O)C(CSC(C)=O)NC(=O)Nc1ccc(CN=O)cc1. The molecule has 0 saturated carbocycles. The lowest BCUT2D eigenvalue weighted by atomic mass is 10.2. The summed E-state index contributed by atoms with van der Waals surface area (Å²) < 4.78 is 4.59. The van der Waals surface area contributed by atoms with E-state index < -0.39 is 18.0 Å². The molecule has 0 bridgehead atoms. The summed E-state index contributed by atoms with van der Waals surface area (Å²) in [7, 11) is 1.20. The summed E-state index contributed by atoms with van der Waals surface area (Å²) in [6.07, 6.45) is 0. The van der Waals surface area contributed by atoms with Crippen LogP contribution in [0.4, 0.5) is 10.5 Å². The second-order valence-electron chi connectivity index (χ2n) is 4.46. The molecule has 1 atom stereocenters. The average Bonchev–Trinajstić information content (AvgIpc) is 2.52. The van der Waals surface area contributed by atoms with Gasteiger partial charge in [0.1, 0.15) is 12.6 Å². The lowest BCUT2D eigenvalue weighted by Crippen LogP contribution is -2.45. The molecule has 23 heavy (non-hydrogen) atoms. The van der Waals surface area contributed by atoms with E-state index in [4.69, 9.17) is 0 Å². The van der Waals surface area contributed by atoms with Crippen molar-refractivity contribution in [2.45, 2.75) is 19.5 Å². The van der Waals surface area contributed by atoms with E-state index in [1.165, 1.54) is 14.0 Å². The first-order chi connectivity index (χ1) is 11.0. The number of hydrogen-bond acceptors (Lipinski definition) is 7. The summed E-state index contributed by atoms with van der Waals surface area (Å²) in [6.45, 7) is 1.42. The largest absolute Gasteiger partial charge is 0.467 e. The molecule has 0 fully saturated rings. The van der Waals surface area contributed by atoms with Crippen molar-refractivity contribution in [1.82, 2.24) is 5.32 Å². The zero-order chi connectivity index (χ0) is 17.2. The Kier molecular flexibility index (Phi) is 7.75. The van der Waals surface area contributed by atoms with Gasteiger partial charge in [0, 0.05) is 18.4 Å². The number of amides is 2. The highest BCUT2D eigenvalue weighted by atomic mass is 32.2. The first-order valence-corrected chi connectivity index (χ1v) is 7.61. The Balaban J connectivity index is 2.61. The number of esters is 1. The van der Waals surface area contributed by atoms with E-state index in [2.05, 4.69) is 20.5 Å². The van der Waals surface area contributed by atoms with Crippen LogP contribution < -0.4 is 10.6 Å². The van der Waals surface area contributed by atoms with Crippen LogP contribution in [-0.2, 0) is 20.9 Å². The fourth-order valence-corrected chi connectivity index (χ4v) is 2.23. The predicted molar refractivity (Wildman–Crippen MR) is 87.0 cm³/mol. The molecule has 124 valence electrons. The number of carbonyl (C=O) groups excluding carboxylic acids is 3. The number of urea groups is 1. The number of methoxy groups -OCH3 is 1. The fourth-order valence-electron chi connectivity index (χ4n) is 1.61. The Labute approximate surface area is 137 Å². The van der Waals surface area contributed by atoms with Crippen LogP contribution >= 0.6 is 11.8 Å². The number of thioether (sulfide) groups is 1. The highest BCUT2D eigenvalue weighted by Crippen LogP contribution is 2.11. The van der Waals surface area contributed by atoms with Gasteiger partial charge in [-0.25, -0.2) is 9.59 Å². The van der Waals surface area contributed by atoms with Crippen LogP contribution in [0.5, 0.6) is 0 Å². The maximum Gasteiger partial charge on any atom is 0.329 e. The molecule has 0 radical (unpaired) electrons. The van der Waals surface area contributed by atoms with Crippen molar-refractivity contribution in [2.75, 3.05) is 18.2 Å². The Morgan fingerprint density at radius 3 is 2.43 bits per heavy atom. The van der Waals surface area contributed by atoms with Gasteiger partial charge in [-0.1, -0.05) is 29.1 Å². The normalized spacial score (nSPS) is 11.2. The molecule has 0 heterocycles. The van der Waals surface area contributed by atoms with Gasteiger partial charge in [-0.15, -0.1) is 0 Å². The Morgan fingerprint density at radius 1 is 1.26 bits per heavy atom. The standard InChI is InChI=1S/C14H17N3O5S/c1-9(18)23-8-12(13(19)22-2)17-14(20)16-11-5-3-10(4-6-11)7-15-21/h3-6,12H,7-8H2,1-2H3,(H2,16,17,20). The molecule has 1 rings (SSSR count). The molecular weight excluding hydrogens is 322 g/mol. The summed E-state index contributed by atoms with van der Waals surface area (Å²) in [6, 6.07) is 4.98. The van der Waals surface area contributed by atoms with Crippen LogP contribution in [-0.4, -0.2) is 36.0 Å². The molecule has 1 aromatic rings. The molecule has 9 heteroatoms. The number of benzene rings is 1.